The first-order chi connectivity index (χ1) is 57.2. The number of hydrogen-bond donors (Lipinski definition) is 4. The van der Waals surface area contributed by atoms with Crippen LogP contribution >= 0.6 is 15.6 Å². The van der Waals surface area contributed by atoms with Crippen LogP contribution in [0.15, 0.2) is 109 Å². The van der Waals surface area contributed by atoms with E-state index in [2.05, 4.69) is 130 Å². The fraction of sp³-hybridized carbons (Fsp3) is 0.788. The van der Waals surface area contributed by atoms with Crippen LogP contribution in [-0.2, 0) is 55.8 Å². The zero-order valence-corrected chi connectivity index (χ0v) is 76.9. The minimum atomic E-state index is -4.93. The number of phosphoric ester groups is 2. The van der Waals surface area contributed by atoms with Gasteiger partial charge in [-0.3, -0.25) is 32.5 Å². The van der Waals surface area contributed by atoms with Crippen LogP contribution < -0.4 is 0 Å². The second-order valence-corrected chi connectivity index (χ2v) is 35.4. The molecule has 0 aromatic carbocycles. The average molecular weight is 1690 g/mol. The Morgan fingerprint density at radius 2 is 0.427 bits per heavy atom. The van der Waals surface area contributed by atoms with E-state index in [9.17, 15) is 43.5 Å². The molecule has 0 radical (unpaired) electrons. The Kier molecular flexibility index (Phi) is 88.5. The van der Waals surface area contributed by atoms with Crippen molar-refractivity contribution in [3.05, 3.63) is 109 Å². The van der Waals surface area contributed by atoms with Crippen LogP contribution in [0.5, 0.6) is 0 Å². The molecule has 0 aromatic rings. The smallest absolute Gasteiger partial charge is 0.463 e. The highest BCUT2D eigenvalue weighted by Gasteiger charge is 2.30. The van der Waals surface area contributed by atoms with Crippen LogP contribution in [-0.4, -0.2) is 95.9 Å². The zero-order chi connectivity index (χ0) is 85.1. The lowest BCUT2D eigenvalue weighted by atomic mass is 10.0. The number of phosphoric acid groups is 2. The first-order valence-corrected chi connectivity index (χ1v) is 51.2. The van der Waals surface area contributed by atoms with Gasteiger partial charge in [-0.25, -0.2) is 9.13 Å². The van der Waals surface area contributed by atoms with E-state index in [0.29, 0.717) is 19.3 Å². The van der Waals surface area contributed by atoms with Gasteiger partial charge in [-0.05, 0) is 135 Å². The fourth-order valence-electron chi connectivity index (χ4n) is 13.6. The monoisotopic (exact) mass is 1690 g/mol. The van der Waals surface area contributed by atoms with Gasteiger partial charge < -0.3 is 34.2 Å². The maximum absolute atomic E-state index is 13.0. The van der Waals surface area contributed by atoms with Crippen molar-refractivity contribution in [3.8, 4) is 0 Å². The predicted molar refractivity (Wildman–Crippen MR) is 491 cm³/mol. The topological polar surface area (TPSA) is 231 Å². The number of carbonyl (C=O) groups excluding carboxylic acids is 3. The van der Waals surface area contributed by atoms with Crippen molar-refractivity contribution in [1.29, 1.82) is 0 Å². The number of rotatable bonds is 92. The molecule has 0 fully saturated rings. The third kappa shape index (κ3) is 92.8. The van der Waals surface area contributed by atoms with E-state index in [4.69, 9.17) is 32.3 Å². The van der Waals surface area contributed by atoms with Gasteiger partial charge in [0.2, 0.25) is 0 Å². The van der Waals surface area contributed by atoms with Crippen LogP contribution in [0.3, 0.4) is 0 Å². The Balaban J connectivity index is 4.34. The highest BCUT2D eigenvalue weighted by atomic mass is 31.2. The number of hydrogen-bond acceptors (Lipinski definition) is 14. The van der Waals surface area contributed by atoms with Crippen molar-refractivity contribution in [2.75, 3.05) is 39.6 Å². The molecule has 680 valence electrons. The third-order valence-electron chi connectivity index (χ3n) is 20.9. The molecule has 0 aliphatic heterocycles. The Morgan fingerprint density at radius 3 is 0.701 bits per heavy atom. The van der Waals surface area contributed by atoms with E-state index in [1.165, 1.54) is 270 Å². The van der Waals surface area contributed by atoms with Crippen molar-refractivity contribution in [2.45, 2.75) is 463 Å². The van der Waals surface area contributed by atoms with Crippen molar-refractivity contribution in [3.63, 3.8) is 0 Å². The molecule has 0 saturated carbocycles. The molecule has 0 saturated heterocycles. The molecular weight excluding hydrogens is 1510 g/mol. The Bertz CT molecular complexity index is 2560. The van der Waals surface area contributed by atoms with Gasteiger partial charge in [0, 0.05) is 19.3 Å². The third-order valence-corrected chi connectivity index (χ3v) is 22.8. The Hall–Kier alpha value is -3.79. The summed E-state index contributed by atoms with van der Waals surface area (Å²) in [5, 5.41) is 20.7. The van der Waals surface area contributed by atoms with Crippen LogP contribution in [0, 0.1) is 0 Å². The number of carbonyl (C=O) groups is 3. The number of aliphatic hydroxyl groups excluding tert-OH is 2. The van der Waals surface area contributed by atoms with Gasteiger partial charge >= 0.3 is 33.6 Å². The van der Waals surface area contributed by atoms with Crippen LogP contribution in [0.2, 0.25) is 0 Å². The van der Waals surface area contributed by atoms with Gasteiger partial charge in [-0.2, -0.15) is 0 Å². The molecule has 4 N–H and O–H groups in total. The molecule has 0 aliphatic carbocycles. The molecular formula is C99H178O16P2. The molecule has 0 heterocycles. The summed E-state index contributed by atoms with van der Waals surface area (Å²) in [5.41, 5.74) is 0. The maximum atomic E-state index is 13.0. The quantitative estimate of drug-likeness (QED) is 0.0146. The molecule has 0 rings (SSSR count). The maximum Gasteiger partial charge on any atom is 0.472 e. The number of ether oxygens (including phenoxy) is 3. The summed E-state index contributed by atoms with van der Waals surface area (Å²) in [6, 6.07) is 0. The van der Waals surface area contributed by atoms with Crippen LogP contribution in [0.25, 0.3) is 0 Å². The molecule has 5 unspecified atom stereocenters. The normalized spacial score (nSPS) is 14.2. The summed E-state index contributed by atoms with van der Waals surface area (Å²) in [7, 11) is -9.79. The summed E-state index contributed by atoms with van der Waals surface area (Å²) in [6.45, 7) is 2.68. The van der Waals surface area contributed by atoms with Gasteiger partial charge in [-0.15, -0.1) is 0 Å². The van der Waals surface area contributed by atoms with Crippen molar-refractivity contribution < 1.29 is 75.8 Å². The van der Waals surface area contributed by atoms with Gasteiger partial charge in [-0.1, -0.05) is 400 Å². The zero-order valence-electron chi connectivity index (χ0n) is 75.1. The van der Waals surface area contributed by atoms with E-state index >= 15 is 0 Å². The number of unbranched alkanes of at least 4 members (excludes halogenated alkanes) is 51. The van der Waals surface area contributed by atoms with E-state index < -0.39 is 91.5 Å². The lowest BCUT2D eigenvalue weighted by molar-refractivity contribution is -0.161. The average Bonchev–Trinajstić information content (AvgIpc) is 0.900. The summed E-state index contributed by atoms with van der Waals surface area (Å²) in [6.07, 6.45) is 112. The number of esters is 3. The van der Waals surface area contributed by atoms with E-state index in [1.807, 2.05) is 0 Å². The van der Waals surface area contributed by atoms with Gasteiger partial charge in [0.05, 0.1) is 26.4 Å². The molecule has 18 heteroatoms. The first-order valence-electron chi connectivity index (χ1n) is 48.2. The lowest BCUT2D eigenvalue weighted by Gasteiger charge is -2.21. The fourth-order valence-corrected chi connectivity index (χ4v) is 15.2. The highest BCUT2D eigenvalue weighted by Crippen LogP contribution is 2.45. The first kappa shape index (κ1) is 113. The minimum absolute atomic E-state index is 0.0972. The molecule has 0 bridgehead atoms. The summed E-state index contributed by atoms with van der Waals surface area (Å²) in [5.74, 6) is -1.56. The SMILES string of the molecule is CCCCC/C=C\C/C=C\C/C=C\C/C=C\CCCCCCCCCCCCCCCCCCCCCC(=O)OCC(O)COP(=O)(O)OCC(O)COP(=O)(O)OCC(COC(=O)CCCCCCCCCCCCCCCCCCC/C=C\C/C=C\C/C=C\C/C=C\CCCCC)OC(=O)CCCCCCC/C=C\CCCCCC. The molecule has 0 aromatic heterocycles. The molecule has 5 atom stereocenters. The lowest BCUT2D eigenvalue weighted by Crippen LogP contribution is -2.30. The van der Waals surface area contributed by atoms with Crippen molar-refractivity contribution in [2.24, 2.45) is 0 Å². The number of aliphatic hydroxyl groups is 2. The van der Waals surface area contributed by atoms with Crippen LogP contribution in [0.1, 0.15) is 445 Å². The predicted octanol–water partition coefficient (Wildman–Crippen LogP) is 29.8. The number of allylic oxidation sites excluding steroid dienone is 18. The molecule has 0 spiro atoms. The van der Waals surface area contributed by atoms with Gasteiger partial charge in [0.1, 0.15) is 25.4 Å². The van der Waals surface area contributed by atoms with Crippen LogP contribution in [0.4, 0.5) is 0 Å². The molecule has 0 aliphatic rings. The molecule has 117 heavy (non-hydrogen) atoms. The van der Waals surface area contributed by atoms with E-state index in [0.717, 1.165) is 116 Å². The summed E-state index contributed by atoms with van der Waals surface area (Å²) >= 11 is 0. The highest BCUT2D eigenvalue weighted by molar-refractivity contribution is 7.47. The van der Waals surface area contributed by atoms with Crippen molar-refractivity contribution in [1.82, 2.24) is 0 Å². The van der Waals surface area contributed by atoms with Gasteiger partial charge in [0.25, 0.3) is 0 Å². The Labute approximate surface area is 717 Å². The summed E-state index contributed by atoms with van der Waals surface area (Å²) in [4.78, 5) is 58.9. The summed E-state index contributed by atoms with van der Waals surface area (Å²) < 4.78 is 61.4. The van der Waals surface area contributed by atoms with E-state index in [1.54, 1.807) is 0 Å². The molecule has 0 amide bonds. The van der Waals surface area contributed by atoms with E-state index in [-0.39, 0.29) is 19.3 Å². The second-order valence-electron chi connectivity index (χ2n) is 32.5. The largest absolute Gasteiger partial charge is 0.472 e. The Morgan fingerprint density at radius 1 is 0.239 bits per heavy atom. The minimum Gasteiger partial charge on any atom is -0.463 e. The van der Waals surface area contributed by atoms with Gasteiger partial charge in [0.15, 0.2) is 6.10 Å². The molecule has 16 nitrogen and oxygen atoms in total. The second kappa shape index (κ2) is 91.4. The standard InChI is InChI=1S/C99H178O16P2/c1-4-7-10-13-16-19-22-25-27-29-31-33-35-37-39-41-43-45-46-48-50-51-53-55-57-59-61-63-65-68-70-73-76-79-82-85-97(102)109-88-94(100)89-111-116(105,106)112-90-95(101)91-113-117(107,108)114-93-96(115-99(104)87-84-81-78-75-72-67-24-21-18-15-12-9-6-3)92-110-98(103)86-83-80-77-74-71-69-66-64-62-60-58-56-54-52-49-47-44-42-40-38-36-34-32-30-28-26-23-20-17-14-11-8-5-2/h16-17,19-21,24-28,31-34,37-40,94-96,100-101H,4-15,18,22-23,29-30,35-36,41-93H2,1-3H3,(H,105,106)(H,107,108)/b19-16-,20-17-,24-21-,27-25-,28-26-,33-31-,34-32-,39-37-,40-38-. The van der Waals surface area contributed by atoms with Crippen molar-refractivity contribution >= 4 is 33.6 Å².